The van der Waals surface area contributed by atoms with Crippen molar-refractivity contribution >= 4 is 17.9 Å². The minimum absolute atomic E-state index is 0.0638. The zero-order chi connectivity index (χ0) is 43.3. The summed E-state index contributed by atoms with van der Waals surface area (Å²) in [7, 11) is 0. The summed E-state index contributed by atoms with van der Waals surface area (Å²) >= 11 is 0. The van der Waals surface area contributed by atoms with Crippen LogP contribution in [-0.4, -0.2) is 37.2 Å². The van der Waals surface area contributed by atoms with Gasteiger partial charge in [-0.25, -0.2) is 0 Å². The molecule has 0 aliphatic carbocycles. The average molecular weight is 835 g/mol. The van der Waals surface area contributed by atoms with Gasteiger partial charge in [0.05, 0.1) is 0 Å². The highest BCUT2D eigenvalue weighted by Crippen LogP contribution is 2.17. The molecule has 0 amide bonds. The largest absolute Gasteiger partial charge is 0.462 e. The van der Waals surface area contributed by atoms with E-state index in [1.807, 2.05) is 0 Å². The highest BCUT2D eigenvalue weighted by Gasteiger charge is 2.19. The van der Waals surface area contributed by atoms with Crippen molar-refractivity contribution in [1.29, 1.82) is 0 Å². The molecule has 0 fully saturated rings. The Hall–Kier alpha value is -1.59. The highest BCUT2D eigenvalue weighted by atomic mass is 16.6. The van der Waals surface area contributed by atoms with Gasteiger partial charge in [-0.1, -0.05) is 253 Å². The lowest BCUT2D eigenvalue weighted by Crippen LogP contribution is -2.30. The first-order valence-corrected chi connectivity index (χ1v) is 26.2. The lowest BCUT2D eigenvalue weighted by molar-refractivity contribution is -0.167. The summed E-state index contributed by atoms with van der Waals surface area (Å²) < 4.78 is 16.8. The van der Waals surface area contributed by atoms with E-state index in [1.165, 1.54) is 180 Å². The van der Waals surface area contributed by atoms with Gasteiger partial charge in [-0.15, -0.1) is 0 Å². The van der Waals surface area contributed by atoms with Crippen LogP contribution >= 0.6 is 0 Å². The van der Waals surface area contributed by atoms with E-state index in [0.717, 1.165) is 69.6 Å². The second-order valence-electron chi connectivity index (χ2n) is 19.1. The second-order valence-corrected chi connectivity index (χ2v) is 19.1. The molecule has 6 heteroatoms. The maximum absolute atomic E-state index is 12.8. The predicted molar refractivity (Wildman–Crippen MR) is 252 cm³/mol. The van der Waals surface area contributed by atoms with E-state index < -0.39 is 6.10 Å². The zero-order valence-electron chi connectivity index (χ0n) is 40.4. The summed E-state index contributed by atoms with van der Waals surface area (Å²) in [5.74, 6) is 0.785. The van der Waals surface area contributed by atoms with Crippen molar-refractivity contribution in [3.05, 3.63) is 0 Å². The van der Waals surface area contributed by atoms with E-state index in [4.69, 9.17) is 14.2 Å². The number of carbonyl (C=O) groups excluding carboxylic acids is 3. The topological polar surface area (TPSA) is 78.9 Å². The quantitative estimate of drug-likeness (QED) is 0.0345. The summed E-state index contributed by atoms with van der Waals surface area (Å²) in [6.45, 7) is 11.4. The molecule has 0 radical (unpaired) electrons. The molecule has 0 aromatic heterocycles. The van der Waals surface area contributed by atoms with Crippen LogP contribution in [-0.2, 0) is 28.6 Å². The third-order valence-corrected chi connectivity index (χ3v) is 12.0. The summed E-state index contributed by atoms with van der Waals surface area (Å²) in [6, 6.07) is 0. The lowest BCUT2D eigenvalue weighted by atomic mass is 10.0. The molecule has 0 unspecified atom stereocenters. The second kappa shape index (κ2) is 45.9. The monoisotopic (exact) mass is 835 g/mol. The summed E-state index contributed by atoms with van der Waals surface area (Å²) in [6.07, 6.45) is 46.6. The Balaban J connectivity index is 4.30. The van der Waals surface area contributed by atoms with Crippen molar-refractivity contribution in [2.45, 2.75) is 298 Å². The van der Waals surface area contributed by atoms with Crippen LogP contribution in [0.2, 0.25) is 0 Å². The number of carbonyl (C=O) groups is 3. The Kier molecular flexibility index (Phi) is 44.7. The number of rotatable bonds is 47. The van der Waals surface area contributed by atoms with Crippen LogP contribution in [0.1, 0.15) is 291 Å². The smallest absolute Gasteiger partial charge is 0.306 e. The van der Waals surface area contributed by atoms with Crippen molar-refractivity contribution in [3.8, 4) is 0 Å². The Labute approximate surface area is 368 Å². The molecule has 0 bridgehead atoms. The van der Waals surface area contributed by atoms with Gasteiger partial charge in [0.15, 0.2) is 6.10 Å². The third kappa shape index (κ3) is 47.3. The molecule has 0 heterocycles. The molecule has 0 aromatic carbocycles. The normalized spacial score (nSPS) is 12.1. The SMILES string of the molecule is CCCCCCCCCCCCCCCCCC(=O)OC[C@H](COC(=O)CCCCCCCCCCCCCC(C)C)OC(=O)CCCCCCCCCCCC(C)C. The van der Waals surface area contributed by atoms with E-state index in [0.29, 0.717) is 19.3 Å². The van der Waals surface area contributed by atoms with Gasteiger partial charge in [-0.3, -0.25) is 14.4 Å². The molecule has 0 aliphatic rings. The molecule has 1 atom stereocenters. The molecule has 6 nitrogen and oxygen atoms in total. The molecule has 0 aliphatic heterocycles. The molecule has 0 rings (SSSR count). The van der Waals surface area contributed by atoms with Crippen LogP contribution in [0.4, 0.5) is 0 Å². The highest BCUT2D eigenvalue weighted by molar-refractivity contribution is 5.71. The summed E-state index contributed by atoms with van der Waals surface area (Å²) in [5, 5.41) is 0. The average Bonchev–Trinajstić information content (AvgIpc) is 3.20. The van der Waals surface area contributed by atoms with Gasteiger partial charge in [0.25, 0.3) is 0 Å². The Morgan fingerprint density at radius 2 is 0.559 bits per heavy atom. The number of hydrogen-bond donors (Lipinski definition) is 0. The first kappa shape index (κ1) is 57.4. The molecule has 59 heavy (non-hydrogen) atoms. The van der Waals surface area contributed by atoms with Crippen LogP contribution in [0.25, 0.3) is 0 Å². The van der Waals surface area contributed by atoms with E-state index >= 15 is 0 Å². The molecule has 350 valence electrons. The minimum Gasteiger partial charge on any atom is -0.462 e. The predicted octanol–water partition coefficient (Wildman–Crippen LogP) is 16.9. The Morgan fingerprint density at radius 3 is 0.831 bits per heavy atom. The van der Waals surface area contributed by atoms with Gasteiger partial charge in [0.1, 0.15) is 13.2 Å². The van der Waals surface area contributed by atoms with Crippen LogP contribution in [0.5, 0.6) is 0 Å². The van der Waals surface area contributed by atoms with Crippen molar-refractivity contribution in [1.82, 2.24) is 0 Å². The van der Waals surface area contributed by atoms with Crippen LogP contribution in [0.3, 0.4) is 0 Å². The Morgan fingerprint density at radius 1 is 0.322 bits per heavy atom. The molecular weight excluding hydrogens is 733 g/mol. The summed E-state index contributed by atoms with van der Waals surface area (Å²) in [5.41, 5.74) is 0. The molecular formula is C53H102O6. The molecule has 0 spiro atoms. The molecule has 0 saturated carbocycles. The summed E-state index contributed by atoms with van der Waals surface area (Å²) in [4.78, 5) is 37.9. The van der Waals surface area contributed by atoms with Crippen molar-refractivity contribution in [2.24, 2.45) is 11.8 Å². The molecule has 0 saturated heterocycles. The van der Waals surface area contributed by atoms with Crippen LogP contribution < -0.4 is 0 Å². The molecule has 0 aromatic rings. The van der Waals surface area contributed by atoms with Crippen molar-refractivity contribution in [3.63, 3.8) is 0 Å². The molecule has 0 N–H and O–H groups in total. The third-order valence-electron chi connectivity index (χ3n) is 12.0. The van der Waals surface area contributed by atoms with Gasteiger partial charge >= 0.3 is 17.9 Å². The maximum Gasteiger partial charge on any atom is 0.306 e. The van der Waals surface area contributed by atoms with E-state index in [1.54, 1.807) is 0 Å². The lowest BCUT2D eigenvalue weighted by Gasteiger charge is -2.18. The fourth-order valence-corrected chi connectivity index (χ4v) is 7.99. The maximum atomic E-state index is 12.8. The first-order chi connectivity index (χ1) is 28.7. The van der Waals surface area contributed by atoms with Gasteiger partial charge in [-0.2, -0.15) is 0 Å². The van der Waals surface area contributed by atoms with Crippen LogP contribution in [0.15, 0.2) is 0 Å². The van der Waals surface area contributed by atoms with Gasteiger partial charge in [-0.05, 0) is 31.1 Å². The van der Waals surface area contributed by atoms with Gasteiger partial charge < -0.3 is 14.2 Å². The standard InChI is InChI=1S/C53H102O6/c1-6-7-8-9-10-11-12-13-14-15-18-23-28-33-38-43-51(54)57-46-50(59-53(56)45-40-35-30-25-20-22-27-32-37-42-49(4)5)47-58-52(55)44-39-34-29-24-19-16-17-21-26-31-36-41-48(2)3/h48-50H,6-47H2,1-5H3/t50-/m1/s1. The van der Waals surface area contributed by atoms with Crippen molar-refractivity contribution in [2.75, 3.05) is 13.2 Å². The fraction of sp³-hybridized carbons (Fsp3) is 0.943. The minimum atomic E-state index is -0.762. The number of unbranched alkanes of at least 4 members (excludes halogenated alkanes) is 32. The van der Waals surface area contributed by atoms with Crippen molar-refractivity contribution < 1.29 is 28.6 Å². The number of hydrogen-bond acceptors (Lipinski definition) is 6. The zero-order valence-corrected chi connectivity index (χ0v) is 40.4. The number of ether oxygens (including phenoxy) is 3. The van der Waals surface area contributed by atoms with Gasteiger partial charge in [0, 0.05) is 19.3 Å². The van der Waals surface area contributed by atoms with Crippen LogP contribution in [0, 0.1) is 11.8 Å². The van der Waals surface area contributed by atoms with E-state index in [9.17, 15) is 14.4 Å². The Bertz CT molecular complexity index is 900. The fourth-order valence-electron chi connectivity index (χ4n) is 7.99. The van der Waals surface area contributed by atoms with E-state index in [2.05, 4.69) is 34.6 Å². The number of esters is 3. The van der Waals surface area contributed by atoms with Gasteiger partial charge in [0.2, 0.25) is 0 Å². The first-order valence-electron chi connectivity index (χ1n) is 26.2. The van der Waals surface area contributed by atoms with E-state index in [-0.39, 0.29) is 31.1 Å².